The highest BCUT2D eigenvalue weighted by Crippen LogP contribution is 2.19. The van der Waals surface area contributed by atoms with Crippen LogP contribution in [0.3, 0.4) is 0 Å². The van der Waals surface area contributed by atoms with E-state index in [1.807, 2.05) is 6.20 Å². The molecule has 5 nitrogen and oxygen atoms in total. The lowest BCUT2D eigenvalue weighted by Crippen LogP contribution is -2.54. The number of nitrogens with zero attached hydrogens (tertiary/aromatic N) is 2. The molecule has 0 aromatic rings. The van der Waals surface area contributed by atoms with Gasteiger partial charge in [-0.2, -0.15) is 0 Å². The third-order valence-corrected chi connectivity index (χ3v) is 5.72. The Bertz CT molecular complexity index is 528. The maximum absolute atomic E-state index is 11.1. The van der Waals surface area contributed by atoms with E-state index in [4.69, 9.17) is 5.73 Å². The second-order valence-corrected chi connectivity index (χ2v) is 8.27. The minimum Gasteiger partial charge on any atom is -0.544 e. The summed E-state index contributed by atoms with van der Waals surface area (Å²) in [7, 11) is 0. The lowest BCUT2D eigenvalue weighted by Gasteiger charge is -2.32. The molecule has 0 aromatic heterocycles. The van der Waals surface area contributed by atoms with Crippen LogP contribution in [0.1, 0.15) is 96.8 Å². The number of hydrogen-bond donors (Lipinski definition) is 1. The van der Waals surface area contributed by atoms with Crippen LogP contribution < -0.4 is 10.8 Å². The summed E-state index contributed by atoms with van der Waals surface area (Å²) in [4.78, 5) is 15.5. The third-order valence-electron chi connectivity index (χ3n) is 5.72. The number of carbonyl (C=O) groups is 1. The van der Waals surface area contributed by atoms with Crippen molar-refractivity contribution in [3.63, 3.8) is 0 Å². The van der Waals surface area contributed by atoms with Crippen molar-refractivity contribution in [3.8, 4) is 0 Å². The molecule has 0 saturated carbocycles. The number of nitrogens with two attached hydrogens (primary N) is 1. The normalized spacial score (nSPS) is 18.6. The van der Waals surface area contributed by atoms with Gasteiger partial charge in [0.25, 0.3) is 0 Å². The van der Waals surface area contributed by atoms with Crippen LogP contribution in [0.5, 0.6) is 0 Å². The molecular weight excluding hydrogens is 362 g/mol. The number of unbranched alkanes of at least 4 members (excludes halogenated alkanes) is 12. The molecule has 1 unspecified atom stereocenters. The van der Waals surface area contributed by atoms with Crippen LogP contribution in [0.2, 0.25) is 0 Å². The Kier molecular flexibility index (Phi) is 14.4. The van der Waals surface area contributed by atoms with Crippen molar-refractivity contribution in [3.05, 3.63) is 24.6 Å². The quantitative estimate of drug-likeness (QED) is 0.196. The summed E-state index contributed by atoms with van der Waals surface area (Å²) in [5.41, 5.74) is 5.68. The van der Waals surface area contributed by atoms with Gasteiger partial charge < -0.3 is 15.6 Å². The van der Waals surface area contributed by atoms with Gasteiger partial charge in [-0.3, -0.25) is 0 Å². The van der Waals surface area contributed by atoms with Crippen molar-refractivity contribution < 1.29 is 14.4 Å². The highest BCUT2D eigenvalue weighted by Gasteiger charge is 2.33. The molecule has 29 heavy (non-hydrogen) atoms. The van der Waals surface area contributed by atoms with Gasteiger partial charge in [-0.05, 0) is 12.8 Å². The van der Waals surface area contributed by atoms with Gasteiger partial charge in [-0.1, -0.05) is 89.7 Å². The molecule has 1 aliphatic heterocycles. The van der Waals surface area contributed by atoms with Crippen molar-refractivity contribution in [2.24, 2.45) is 10.7 Å². The Hall–Kier alpha value is -1.46. The van der Waals surface area contributed by atoms with Crippen LogP contribution in [-0.4, -0.2) is 35.9 Å². The first kappa shape index (κ1) is 25.6. The summed E-state index contributed by atoms with van der Waals surface area (Å²) >= 11 is 0. The maximum Gasteiger partial charge on any atom is 0.211 e. The summed E-state index contributed by atoms with van der Waals surface area (Å²) in [6.45, 7) is 3.12. The molecule has 0 aromatic carbocycles. The van der Waals surface area contributed by atoms with E-state index in [0.29, 0.717) is 19.5 Å². The molecule has 0 radical (unpaired) electrons. The molecule has 0 saturated heterocycles. The summed E-state index contributed by atoms with van der Waals surface area (Å²) in [5, 5.41) is 11.1. The highest BCUT2D eigenvalue weighted by atomic mass is 16.4. The Morgan fingerprint density at radius 2 is 1.59 bits per heavy atom. The van der Waals surface area contributed by atoms with Crippen molar-refractivity contribution in [1.29, 1.82) is 0 Å². The molecule has 166 valence electrons. The van der Waals surface area contributed by atoms with Gasteiger partial charge in [-0.15, -0.1) is 0 Å². The van der Waals surface area contributed by atoms with Crippen LogP contribution in [0.15, 0.2) is 29.5 Å². The van der Waals surface area contributed by atoms with E-state index < -0.39 is 5.97 Å². The number of hydrogen-bond acceptors (Lipinski definition) is 4. The van der Waals surface area contributed by atoms with Crippen molar-refractivity contribution >= 4 is 11.8 Å². The Morgan fingerprint density at radius 3 is 2.14 bits per heavy atom. The molecule has 2 N–H and O–H groups in total. The summed E-state index contributed by atoms with van der Waals surface area (Å²) in [6.07, 6.45) is 26.0. The Labute approximate surface area is 178 Å². The maximum atomic E-state index is 11.1. The molecule has 0 aliphatic carbocycles. The van der Waals surface area contributed by atoms with Crippen molar-refractivity contribution in [2.45, 2.75) is 96.8 Å². The zero-order chi connectivity index (χ0) is 21.2. The smallest absolute Gasteiger partial charge is 0.211 e. The first-order chi connectivity index (χ1) is 14.1. The molecule has 0 spiro atoms. The number of rotatable bonds is 19. The fourth-order valence-electron chi connectivity index (χ4n) is 3.98. The van der Waals surface area contributed by atoms with E-state index in [2.05, 4.69) is 24.1 Å². The number of aliphatic carboxylic acids is 1. The van der Waals surface area contributed by atoms with E-state index >= 15 is 0 Å². The second kappa shape index (κ2) is 16.3. The minimum absolute atomic E-state index is 0.0981. The van der Waals surface area contributed by atoms with Crippen LogP contribution in [-0.2, 0) is 4.79 Å². The number of carboxylic acids is 1. The van der Waals surface area contributed by atoms with Gasteiger partial charge in [0, 0.05) is 6.54 Å². The number of quaternary nitrogens is 1. The zero-order valence-electron chi connectivity index (χ0n) is 18.6. The lowest BCUT2D eigenvalue weighted by atomic mass is 10.0. The Balaban J connectivity index is 2.06. The SMILES string of the molecule is CCCCCCCCCCCCCC/C=C/CC1=NC=C[N+]1(CCN)CC(=O)[O-]. The Morgan fingerprint density at radius 1 is 1.00 bits per heavy atom. The third kappa shape index (κ3) is 11.3. The highest BCUT2D eigenvalue weighted by molar-refractivity contribution is 5.82. The van der Waals surface area contributed by atoms with Crippen molar-refractivity contribution in [2.75, 3.05) is 19.6 Å². The van der Waals surface area contributed by atoms with Crippen LogP contribution in [0.25, 0.3) is 0 Å². The van der Waals surface area contributed by atoms with Gasteiger partial charge in [0.15, 0.2) is 0 Å². The number of carbonyl (C=O) groups excluding carboxylic acids is 1. The van der Waals surface area contributed by atoms with Gasteiger partial charge >= 0.3 is 0 Å². The summed E-state index contributed by atoms with van der Waals surface area (Å²) in [5.74, 6) is -0.233. The number of allylic oxidation sites excluding steroid dienone is 1. The first-order valence-corrected chi connectivity index (χ1v) is 11.8. The van der Waals surface area contributed by atoms with Gasteiger partial charge in [0.05, 0.1) is 18.6 Å². The molecule has 0 fully saturated rings. The molecule has 0 amide bonds. The van der Waals surface area contributed by atoms with Gasteiger partial charge in [0.1, 0.15) is 19.3 Å². The van der Waals surface area contributed by atoms with Crippen LogP contribution in [0, 0.1) is 0 Å². The van der Waals surface area contributed by atoms with Crippen LogP contribution in [0.4, 0.5) is 0 Å². The van der Waals surface area contributed by atoms with Gasteiger partial charge in [-0.25, -0.2) is 9.48 Å². The van der Waals surface area contributed by atoms with Crippen LogP contribution >= 0.6 is 0 Å². The fraction of sp³-hybridized carbons (Fsp3) is 0.750. The molecule has 0 bridgehead atoms. The average Bonchev–Trinajstić information content (AvgIpc) is 3.06. The summed E-state index contributed by atoms with van der Waals surface area (Å²) < 4.78 is 0.196. The number of amidine groups is 1. The zero-order valence-corrected chi connectivity index (χ0v) is 18.6. The fourth-order valence-corrected chi connectivity index (χ4v) is 3.98. The van der Waals surface area contributed by atoms with Crippen molar-refractivity contribution in [1.82, 2.24) is 0 Å². The second-order valence-electron chi connectivity index (χ2n) is 8.27. The lowest BCUT2D eigenvalue weighted by molar-refractivity contribution is -0.780. The largest absolute Gasteiger partial charge is 0.544 e. The minimum atomic E-state index is -1.07. The first-order valence-electron chi connectivity index (χ1n) is 11.8. The topological polar surface area (TPSA) is 78.5 Å². The van der Waals surface area contributed by atoms with Gasteiger partial charge in [0.2, 0.25) is 5.84 Å². The molecule has 1 rings (SSSR count). The standard InChI is InChI=1S/C24H43N3O2/c1-2-3-4-5-6-7-8-9-10-11-12-13-14-15-16-17-23-26-19-21-27(23,20-18-25)22-24(28)29/h15-16,19,21H,2-14,17-18,20,22,25H2,1H3/b16-15+. The van der Waals surface area contributed by atoms with E-state index in [-0.39, 0.29) is 11.0 Å². The number of aliphatic imine (C=N–C) groups is 1. The predicted octanol–water partition coefficient (Wildman–Crippen LogP) is 4.43. The number of carboxylic acid groups (broad SMARTS) is 1. The monoisotopic (exact) mass is 405 g/mol. The predicted molar refractivity (Wildman–Crippen MR) is 120 cm³/mol. The van der Waals surface area contributed by atoms with E-state index in [9.17, 15) is 9.90 Å². The average molecular weight is 406 g/mol. The van der Waals surface area contributed by atoms with E-state index in [1.54, 1.807) is 6.20 Å². The molecule has 5 heteroatoms. The summed E-state index contributed by atoms with van der Waals surface area (Å²) in [6, 6.07) is 0. The molecule has 1 aliphatic rings. The molecule has 1 atom stereocenters. The van der Waals surface area contributed by atoms with E-state index in [0.717, 1.165) is 12.3 Å². The van der Waals surface area contributed by atoms with E-state index in [1.165, 1.54) is 77.0 Å². The molecule has 1 heterocycles. The molecular formula is C24H43N3O2.